The molecule has 0 heterocycles. The summed E-state index contributed by atoms with van der Waals surface area (Å²) in [5, 5.41) is 11.4. The molecule has 0 radical (unpaired) electrons. The van der Waals surface area contributed by atoms with Gasteiger partial charge in [0.15, 0.2) is 0 Å². The Morgan fingerprint density at radius 3 is 1.22 bits per heavy atom. The predicted molar refractivity (Wildman–Crippen MR) is 164 cm³/mol. The van der Waals surface area contributed by atoms with Crippen molar-refractivity contribution in [2.24, 2.45) is 0 Å². The number of carbonyl (C=O) groups is 4. The van der Waals surface area contributed by atoms with E-state index >= 15 is 0 Å². The summed E-state index contributed by atoms with van der Waals surface area (Å²) in [6, 6.07) is 13.5. The van der Waals surface area contributed by atoms with Crippen molar-refractivity contribution in [3.05, 3.63) is 59.7 Å². The molecule has 0 saturated heterocycles. The largest absolute Gasteiger partial charge is 0.351 e. The molecule has 0 fully saturated rings. The lowest BCUT2D eigenvalue weighted by molar-refractivity contribution is -0.117. The monoisotopic (exact) mass is 566 g/mol. The maximum Gasteiger partial charge on any atom is 0.251 e. The zero-order valence-corrected chi connectivity index (χ0v) is 24.9. The van der Waals surface area contributed by atoms with Crippen molar-refractivity contribution in [1.29, 1.82) is 0 Å². The Morgan fingerprint density at radius 2 is 0.902 bits per heavy atom. The lowest BCUT2D eigenvalue weighted by atomic mass is 10.1. The lowest BCUT2D eigenvalue weighted by Gasteiger charge is -2.18. The van der Waals surface area contributed by atoms with Gasteiger partial charge in [-0.05, 0) is 81.1 Å². The Balaban J connectivity index is 1.67. The van der Waals surface area contributed by atoms with Gasteiger partial charge in [-0.15, -0.1) is 0 Å². The van der Waals surface area contributed by atoms with Crippen LogP contribution in [-0.4, -0.2) is 85.8 Å². The minimum Gasteiger partial charge on any atom is -0.351 e. The Hall–Kier alpha value is -3.76. The number of likely N-dealkylation sites (N-methyl/N-ethyl adjacent to an activating group) is 2. The maximum absolute atomic E-state index is 12.3. The van der Waals surface area contributed by atoms with Crippen LogP contribution in [-0.2, 0) is 9.59 Å². The van der Waals surface area contributed by atoms with Crippen LogP contribution in [0.3, 0.4) is 0 Å². The predicted octanol–water partition coefficient (Wildman–Crippen LogP) is 3.58. The molecule has 2 rings (SSSR count). The highest BCUT2D eigenvalue weighted by molar-refractivity contribution is 5.97. The number of nitrogens with one attached hydrogen (secondary N) is 4. The van der Waals surface area contributed by atoms with Gasteiger partial charge in [-0.25, -0.2) is 0 Å². The van der Waals surface area contributed by atoms with E-state index in [2.05, 4.69) is 58.8 Å². The van der Waals surface area contributed by atoms with E-state index in [1.165, 1.54) is 0 Å². The van der Waals surface area contributed by atoms with Gasteiger partial charge in [0.2, 0.25) is 11.8 Å². The average Bonchev–Trinajstić information content (AvgIpc) is 2.98. The van der Waals surface area contributed by atoms with Crippen LogP contribution in [0.15, 0.2) is 48.5 Å². The molecule has 0 spiro atoms. The van der Waals surface area contributed by atoms with Crippen LogP contribution < -0.4 is 21.3 Å². The van der Waals surface area contributed by atoms with E-state index in [1.807, 2.05) is 0 Å². The van der Waals surface area contributed by atoms with Crippen LogP contribution in [0.4, 0.5) is 11.4 Å². The van der Waals surface area contributed by atoms with Gasteiger partial charge in [-0.1, -0.05) is 27.7 Å². The minimum absolute atomic E-state index is 0.148. The number of anilines is 2. The SMILES string of the molecule is CCN(CC)CCNC(=O)c1ccc(NC(=O)CCCC(=O)Nc2ccc(C(=O)NCCN(CC)CC)cc2)cc1. The Labute approximate surface area is 244 Å². The van der Waals surface area contributed by atoms with Crippen molar-refractivity contribution in [2.75, 3.05) is 63.0 Å². The van der Waals surface area contributed by atoms with E-state index in [1.54, 1.807) is 48.5 Å². The van der Waals surface area contributed by atoms with E-state index in [-0.39, 0.29) is 36.5 Å². The normalized spacial score (nSPS) is 10.9. The van der Waals surface area contributed by atoms with Crippen molar-refractivity contribution < 1.29 is 19.2 Å². The summed E-state index contributed by atoms with van der Waals surface area (Å²) in [6.45, 7) is 14.9. The molecule has 0 aromatic heterocycles. The number of hydrogen-bond donors (Lipinski definition) is 4. The highest BCUT2D eigenvalue weighted by Crippen LogP contribution is 2.13. The van der Waals surface area contributed by atoms with Gasteiger partial charge in [0, 0.05) is 61.5 Å². The number of carbonyl (C=O) groups excluding carboxylic acids is 4. The minimum atomic E-state index is -0.203. The second kappa shape index (κ2) is 18.6. The molecule has 2 aromatic carbocycles. The van der Waals surface area contributed by atoms with Crippen LogP contribution in [0.5, 0.6) is 0 Å². The van der Waals surface area contributed by atoms with Gasteiger partial charge >= 0.3 is 0 Å². The zero-order valence-electron chi connectivity index (χ0n) is 24.9. The molecule has 0 aliphatic rings. The van der Waals surface area contributed by atoms with Crippen LogP contribution in [0.2, 0.25) is 0 Å². The molecule has 10 heteroatoms. The summed E-state index contributed by atoms with van der Waals surface area (Å²) in [7, 11) is 0. The summed E-state index contributed by atoms with van der Waals surface area (Å²) in [5.74, 6) is -0.703. The average molecular weight is 567 g/mol. The van der Waals surface area contributed by atoms with Gasteiger partial charge in [-0.3, -0.25) is 19.2 Å². The van der Waals surface area contributed by atoms with Crippen molar-refractivity contribution in [2.45, 2.75) is 47.0 Å². The molecule has 0 bridgehead atoms. The summed E-state index contributed by atoms with van der Waals surface area (Å²) in [6.07, 6.45) is 0.763. The van der Waals surface area contributed by atoms with E-state index < -0.39 is 0 Å². The van der Waals surface area contributed by atoms with Gasteiger partial charge < -0.3 is 31.1 Å². The number of hydrogen-bond acceptors (Lipinski definition) is 6. The van der Waals surface area contributed by atoms with E-state index in [0.29, 0.717) is 42.0 Å². The lowest BCUT2D eigenvalue weighted by Crippen LogP contribution is -2.34. The van der Waals surface area contributed by atoms with Crippen molar-refractivity contribution in [1.82, 2.24) is 20.4 Å². The molecule has 4 N–H and O–H groups in total. The quantitative estimate of drug-likeness (QED) is 0.219. The molecular formula is C31H46N6O4. The molecule has 41 heavy (non-hydrogen) atoms. The van der Waals surface area contributed by atoms with Gasteiger partial charge in [0.1, 0.15) is 0 Å². The number of amides is 4. The first-order valence-electron chi connectivity index (χ1n) is 14.6. The molecule has 0 aliphatic heterocycles. The topological polar surface area (TPSA) is 123 Å². The Kier molecular flexibility index (Phi) is 15.1. The fourth-order valence-electron chi connectivity index (χ4n) is 4.21. The fourth-order valence-corrected chi connectivity index (χ4v) is 4.21. The second-order valence-electron chi connectivity index (χ2n) is 9.67. The van der Waals surface area contributed by atoms with Crippen LogP contribution >= 0.6 is 0 Å². The second-order valence-corrected chi connectivity index (χ2v) is 9.67. The Morgan fingerprint density at radius 1 is 0.561 bits per heavy atom. The third kappa shape index (κ3) is 12.5. The van der Waals surface area contributed by atoms with Crippen molar-refractivity contribution >= 4 is 35.0 Å². The van der Waals surface area contributed by atoms with Crippen molar-refractivity contribution in [3.8, 4) is 0 Å². The number of nitrogens with zero attached hydrogens (tertiary/aromatic N) is 2. The van der Waals surface area contributed by atoms with Crippen molar-refractivity contribution in [3.63, 3.8) is 0 Å². The van der Waals surface area contributed by atoms with E-state index in [0.717, 1.165) is 39.3 Å². The first-order valence-corrected chi connectivity index (χ1v) is 14.6. The van der Waals surface area contributed by atoms with E-state index in [4.69, 9.17) is 0 Å². The molecule has 0 saturated carbocycles. The third-order valence-electron chi connectivity index (χ3n) is 6.89. The van der Waals surface area contributed by atoms with Gasteiger partial charge in [-0.2, -0.15) is 0 Å². The zero-order chi connectivity index (χ0) is 30.0. The molecule has 0 aliphatic carbocycles. The van der Waals surface area contributed by atoms with Gasteiger partial charge in [0.05, 0.1) is 0 Å². The molecule has 2 aromatic rings. The van der Waals surface area contributed by atoms with Crippen LogP contribution in [0, 0.1) is 0 Å². The standard InChI is InChI=1S/C31H46N6O4/c1-5-36(6-2)22-20-32-30(40)24-12-16-26(17-13-24)34-28(38)10-9-11-29(39)35-27-18-14-25(15-19-27)31(41)33-21-23-37(7-3)8-4/h12-19H,5-11,20-23H2,1-4H3,(H,32,40)(H,33,41)(H,34,38)(H,35,39). The van der Waals surface area contributed by atoms with Crippen LogP contribution in [0.25, 0.3) is 0 Å². The molecule has 10 nitrogen and oxygen atoms in total. The van der Waals surface area contributed by atoms with Gasteiger partial charge in [0.25, 0.3) is 11.8 Å². The first kappa shape index (κ1) is 33.4. The fraction of sp³-hybridized carbons (Fsp3) is 0.484. The summed E-state index contributed by atoms with van der Waals surface area (Å²) in [4.78, 5) is 53.7. The molecule has 224 valence electrons. The number of benzene rings is 2. The molecular weight excluding hydrogens is 520 g/mol. The van der Waals surface area contributed by atoms with Crippen LogP contribution in [0.1, 0.15) is 67.7 Å². The molecule has 0 unspecified atom stereocenters. The maximum atomic E-state index is 12.3. The van der Waals surface area contributed by atoms with E-state index in [9.17, 15) is 19.2 Å². The third-order valence-corrected chi connectivity index (χ3v) is 6.89. The summed E-state index contributed by atoms with van der Waals surface area (Å²) < 4.78 is 0. The first-order chi connectivity index (χ1) is 19.8. The Bertz CT molecular complexity index is 1010. The summed E-state index contributed by atoms with van der Waals surface area (Å²) in [5.41, 5.74) is 2.25. The highest BCUT2D eigenvalue weighted by Gasteiger charge is 2.10. The molecule has 0 atom stereocenters. The highest BCUT2D eigenvalue weighted by atomic mass is 16.2. The summed E-state index contributed by atoms with van der Waals surface area (Å²) >= 11 is 0. The smallest absolute Gasteiger partial charge is 0.251 e. The number of rotatable bonds is 18. The molecule has 4 amide bonds.